The Bertz CT molecular complexity index is 237. The van der Waals surface area contributed by atoms with Crippen LogP contribution in [0.25, 0.3) is 0 Å². The molecule has 2 aliphatic rings. The molecular formula is C15H30N2. The Kier molecular flexibility index (Phi) is 4.48. The van der Waals surface area contributed by atoms with Crippen LogP contribution in [0.4, 0.5) is 0 Å². The van der Waals surface area contributed by atoms with E-state index in [1.807, 2.05) is 0 Å². The van der Waals surface area contributed by atoms with Gasteiger partial charge in [-0.3, -0.25) is 4.90 Å². The quantitative estimate of drug-likeness (QED) is 0.795. The smallest absolute Gasteiger partial charge is 0.0192 e. The van der Waals surface area contributed by atoms with Crippen molar-refractivity contribution in [3.8, 4) is 0 Å². The molecule has 2 rings (SSSR count). The first-order valence-electron chi connectivity index (χ1n) is 7.58. The van der Waals surface area contributed by atoms with Gasteiger partial charge in [-0.2, -0.15) is 0 Å². The van der Waals surface area contributed by atoms with Crippen LogP contribution in [0.1, 0.15) is 59.3 Å². The molecule has 0 spiro atoms. The fraction of sp³-hybridized carbons (Fsp3) is 1.00. The number of nitrogens with zero attached hydrogens (tertiary/aromatic N) is 1. The normalized spacial score (nSPS) is 35.5. The average Bonchev–Trinajstić information content (AvgIpc) is 2.52. The molecule has 1 N–H and O–H groups in total. The number of hydrogen-bond donors (Lipinski definition) is 1. The molecule has 0 aromatic carbocycles. The van der Waals surface area contributed by atoms with Gasteiger partial charge in [0, 0.05) is 18.6 Å². The van der Waals surface area contributed by atoms with Gasteiger partial charge in [-0.05, 0) is 50.6 Å². The van der Waals surface area contributed by atoms with Crippen LogP contribution < -0.4 is 5.32 Å². The molecule has 2 heteroatoms. The Morgan fingerprint density at radius 2 is 2.12 bits per heavy atom. The molecule has 2 atom stereocenters. The third-order valence-electron chi connectivity index (χ3n) is 4.70. The summed E-state index contributed by atoms with van der Waals surface area (Å²) in [6.45, 7) is 11.0. The maximum atomic E-state index is 3.68. The van der Waals surface area contributed by atoms with Gasteiger partial charge in [0.15, 0.2) is 0 Å². The Hall–Kier alpha value is -0.0800. The van der Waals surface area contributed by atoms with E-state index in [1.165, 1.54) is 58.2 Å². The Balaban J connectivity index is 1.95. The topological polar surface area (TPSA) is 15.3 Å². The lowest BCUT2D eigenvalue weighted by Gasteiger charge is -2.41. The highest BCUT2D eigenvalue weighted by Crippen LogP contribution is 2.37. The summed E-state index contributed by atoms with van der Waals surface area (Å²) in [7, 11) is 0. The van der Waals surface area contributed by atoms with Crippen molar-refractivity contribution < 1.29 is 0 Å². The van der Waals surface area contributed by atoms with Gasteiger partial charge in [-0.25, -0.2) is 0 Å². The van der Waals surface area contributed by atoms with Crippen LogP contribution in [0.3, 0.4) is 0 Å². The van der Waals surface area contributed by atoms with Gasteiger partial charge in [0.05, 0.1) is 0 Å². The van der Waals surface area contributed by atoms with E-state index < -0.39 is 0 Å². The van der Waals surface area contributed by atoms with Crippen LogP contribution in [0.15, 0.2) is 0 Å². The lowest BCUT2D eigenvalue weighted by atomic mass is 9.74. The molecule has 100 valence electrons. The molecular weight excluding hydrogens is 208 g/mol. The Morgan fingerprint density at radius 1 is 1.29 bits per heavy atom. The Labute approximate surface area is 107 Å². The SMILES string of the molecule is CCC1CN(C2CCCC(C)(C)C2)CCCN1. The molecule has 2 unspecified atom stereocenters. The van der Waals surface area contributed by atoms with Crippen molar-refractivity contribution in [3.63, 3.8) is 0 Å². The third kappa shape index (κ3) is 3.69. The monoisotopic (exact) mass is 238 g/mol. The van der Waals surface area contributed by atoms with E-state index in [9.17, 15) is 0 Å². The van der Waals surface area contributed by atoms with E-state index in [0.29, 0.717) is 5.41 Å². The van der Waals surface area contributed by atoms with Crippen molar-refractivity contribution in [2.75, 3.05) is 19.6 Å². The van der Waals surface area contributed by atoms with Gasteiger partial charge in [0.2, 0.25) is 0 Å². The fourth-order valence-corrected chi connectivity index (χ4v) is 3.60. The molecule has 2 nitrogen and oxygen atoms in total. The number of rotatable bonds is 2. The first-order valence-corrected chi connectivity index (χ1v) is 7.58. The zero-order chi connectivity index (χ0) is 12.3. The summed E-state index contributed by atoms with van der Waals surface area (Å²) in [6.07, 6.45) is 8.29. The summed E-state index contributed by atoms with van der Waals surface area (Å²) in [4.78, 5) is 2.79. The summed E-state index contributed by atoms with van der Waals surface area (Å²) < 4.78 is 0. The zero-order valence-electron chi connectivity index (χ0n) is 12.0. The van der Waals surface area contributed by atoms with Gasteiger partial charge < -0.3 is 5.32 Å². The van der Waals surface area contributed by atoms with Crippen molar-refractivity contribution >= 4 is 0 Å². The van der Waals surface area contributed by atoms with Gasteiger partial charge in [0.1, 0.15) is 0 Å². The van der Waals surface area contributed by atoms with E-state index in [2.05, 4.69) is 31.0 Å². The molecule has 0 bridgehead atoms. The van der Waals surface area contributed by atoms with Crippen LogP contribution in [0, 0.1) is 5.41 Å². The van der Waals surface area contributed by atoms with Crippen molar-refractivity contribution in [1.82, 2.24) is 10.2 Å². The highest BCUT2D eigenvalue weighted by Gasteiger charge is 2.32. The second kappa shape index (κ2) is 5.71. The van der Waals surface area contributed by atoms with Crippen LogP contribution in [0.5, 0.6) is 0 Å². The van der Waals surface area contributed by atoms with E-state index in [-0.39, 0.29) is 0 Å². The highest BCUT2D eigenvalue weighted by molar-refractivity contribution is 4.88. The Morgan fingerprint density at radius 3 is 2.82 bits per heavy atom. The molecule has 17 heavy (non-hydrogen) atoms. The maximum Gasteiger partial charge on any atom is 0.0192 e. The van der Waals surface area contributed by atoms with E-state index in [1.54, 1.807) is 0 Å². The second-order valence-corrected chi connectivity index (χ2v) is 6.82. The van der Waals surface area contributed by atoms with Crippen LogP contribution in [0.2, 0.25) is 0 Å². The summed E-state index contributed by atoms with van der Waals surface area (Å²) in [6, 6.07) is 1.58. The molecule has 1 heterocycles. The summed E-state index contributed by atoms with van der Waals surface area (Å²) in [5.41, 5.74) is 0.574. The summed E-state index contributed by atoms with van der Waals surface area (Å²) >= 11 is 0. The minimum atomic E-state index is 0.574. The lowest BCUT2D eigenvalue weighted by Crippen LogP contribution is -2.45. The first-order chi connectivity index (χ1) is 8.11. The summed E-state index contributed by atoms with van der Waals surface area (Å²) in [5.74, 6) is 0. The van der Waals surface area contributed by atoms with Gasteiger partial charge in [-0.1, -0.05) is 27.2 Å². The predicted octanol–water partition coefficient (Wildman–Crippen LogP) is 3.03. The third-order valence-corrected chi connectivity index (χ3v) is 4.70. The standard InChI is InChI=1S/C15H30N2/c1-4-13-12-17(10-6-9-16-13)14-7-5-8-15(2,3)11-14/h13-14,16H,4-12H2,1-3H3. The zero-order valence-corrected chi connectivity index (χ0v) is 12.0. The molecule has 1 saturated carbocycles. The fourth-order valence-electron chi connectivity index (χ4n) is 3.60. The van der Waals surface area contributed by atoms with Crippen molar-refractivity contribution in [1.29, 1.82) is 0 Å². The average molecular weight is 238 g/mol. The van der Waals surface area contributed by atoms with Crippen molar-refractivity contribution in [2.45, 2.75) is 71.4 Å². The molecule has 1 aliphatic carbocycles. The minimum Gasteiger partial charge on any atom is -0.313 e. The minimum absolute atomic E-state index is 0.574. The summed E-state index contributed by atoms with van der Waals surface area (Å²) in [5, 5.41) is 3.68. The molecule has 0 aromatic rings. The van der Waals surface area contributed by atoms with Crippen LogP contribution in [-0.2, 0) is 0 Å². The highest BCUT2D eigenvalue weighted by atomic mass is 15.2. The van der Waals surface area contributed by atoms with Gasteiger partial charge in [-0.15, -0.1) is 0 Å². The largest absolute Gasteiger partial charge is 0.313 e. The van der Waals surface area contributed by atoms with E-state index in [0.717, 1.165) is 12.1 Å². The molecule has 0 amide bonds. The maximum absolute atomic E-state index is 3.68. The number of nitrogens with one attached hydrogen (secondary N) is 1. The van der Waals surface area contributed by atoms with Crippen LogP contribution >= 0.6 is 0 Å². The molecule has 1 saturated heterocycles. The predicted molar refractivity (Wildman–Crippen MR) is 74.3 cm³/mol. The second-order valence-electron chi connectivity index (χ2n) is 6.82. The van der Waals surface area contributed by atoms with E-state index in [4.69, 9.17) is 0 Å². The lowest BCUT2D eigenvalue weighted by molar-refractivity contribution is 0.0925. The first kappa shape index (κ1) is 13.4. The van der Waals surface area contributed by atoms with Crippen LogP contribution in [-0.4, -0.2) is 36.6 Å². The van der Waals surface area contributed by atoms with Gasteiger partial charge >= 0.3 is 0 Å². The molecule has 0 radical (unpaired) electrons. The van der Waals surface area contributed by atoms with Crippen molar-refractivity contribution in [2.24, 2.45) is 5.41 Å². The number of hydrogen-bond acceptors (Lipinski definition) is 2. The van der Waals surface area contributed by atoms with Gasteiger partial charge in [0.25, 0.3) is 0 Å². The molecule has 0 aromatic heterocycles. The van der Waals surface area contributed by atoms with E-state index >= 15 is 0 Å². The molecule has 1 aliphatic heterocycles. The molecule has 2 fully saturated rings. The van der Waals surface area contributed by atoms with Crippen molar-refractivity contribution in [3.05, 3.63) is 0 Å².